The van der Waals surface area contributed by atoms with E-state index in [9.17, 15) is 9.59 Å². The van der Waals surface area contributed by atoms with E-state index in [2.05, 4.69) is 20.7 Å². The number of hydrogen-bond donors (Lipinski definition) is 2. The van der Waals surface area contributed by atoms with Gasteiger partial charge in [-0.25, -0.2) is 9.67 Å². The van der Waals surface area contributed by atoms with Crippen molar-refractivity contribution in [1.29, 1.82) is 0 Å². The van der Waals surface area contributed by atoms with Crippen LogP contribution >= 0.6 is 46.1 Å². The van der Waals surface area contributed by atoms with E-state index in [-0.39, 0.29) is 49.8 Å². The van der Waals surface area contributed by atoms with Crippen LogP contribution in [0, 0.1) is 0 Å². The highest BCUT2D eigenvalue weighted by Crippen LogP contribution is 2.32. The van der Waals surface area contributed by atoms with Gasteiger partial charge in [0.2, 0.25) is 5.88 Å². The molecule has 3 aromatic heterocycles. The summed E-state index contributed by atoms with van der Waals surface area (Å²) in [5.74, 6) is -0.0799. The molecule has 0 radical (unpaired) electrons. The van der Waals surface area contributed by atoms with Crippen LogP contribution in [-0.2, 0) is 0 Å². The van der Waals surface area contributed by atoms with Crippen molar-refractivity contribution in [2.75, 3.05) is 5.32 Å². The summed E-state index contributed by atoms with van der Waals surface area (Å²) in [6.07, 6.45) is 3.02. The van der Waals surface area contributed by atoms with Gasteiger partial charge >= 0.3 is 0 Å². The third kappa shape index (κ3) is 6.24. The predicted molar refractivity (Wildman–Crippen MR) is 147 cm³/mol. The zero-order valence-electron chi connectivity index (χ0n) is 19.8. The van der Waals surface area contributed by atoms with Crippen LogP contribution in [0.3, 0.4) is 0 Å². The normalized spacial score (nSPS) is 11.0. The first kappa shape index (κ1) is 26.9. The van der Waals surface area contributed by atoms with Gasteiger partial charge in [-0.05, 0) is 48.6 Å². The molecule has 37 heavy (non-hydrogen) atoms. The lowest BCUT2D eigenvalue weighted by atomic mass is 10.1. The molecule has 0 spiro atoms. The first-order valence-electron chi connectivity index (χ1n) is 11.3. The molecule has 1 aromatic carbocycles. The molecule has 4 rings (SSSR count). The number of carbonyl (C=O) groups excluding carboxylic acids is 2. The second kappa shape index (κ2) is 12.0. The number of rotatable bonds is 9. The molecule has 0 aliphatic rings. The smallest absolute Gasteiger partial charge is 0.274 e. The van der Waals surface area contributed by atoms with Crippen LogP contribution in [0.25, 0.3) is 5.82 Å². The summed E-state index contributed by atoms with van der Waals surface area (Å²) in [7, 11) is 0. The van der Waals surface area contributed by atoms with Gasteiger partial charge in [0.1, 0.15) is 11.4 Å². The van der Waals surface area contributed by atoms with Crippen molar-refractivity contribution in [2.45, 2.75) is 32.7 Å². The van der Waals surface area contributed by atoms with Gasteiger partial charge in [0.05, 0.1) is 21.3 Å². The Morgan fingerprint density at radius 3 is 2.54 bits per heavy atom. The number of nitrogens with zero attached hydrogens (tertiary/aromatic N) is 3. The average Bonchev–Trinajstić information content (AvgIpc) is 3.54. The SMILES string of the molecule is CCC(CC)NC(=O)c1cc(Cl)cc(Cl)c1NC(=O)c1cc(Oc2ccsc2)nn1-c1ncccc1Cl. The van der Waals surface area contributed by atoms with Gasteiger partial charge in [0, 0.05) is 28.7 Å². The Kier molecular flexibility index (Phi) is 8.71. The molecular formula is C25H22Cl3N5O3S. The molecule has 0 aliphatic heterocycles. The van der Waals surface area contributed by atoms with E-state index in [1.807, 2.05) is 19.2 Å². The fourth-order valence-corrected chi connectivity index (χ4v) is 4.80. The van der Waals surface area contributed by atoms with Crippen molar-refractivity contribution in [2.24, 2.45) is 0 Å². The minimum Gasteiger partial charge on any atom is -0.437 e. The van der Waals surface area contributed by atoms with E-state index < -0.39 is 11.8 Å². The minimum absolute atomic E-state index is 0.0432. The van der Waals surface area contributed by atoms with Crippen molar-refractivity contribution < 1.29 is 14.3 Å². The number of nitrogens with one attached hydrogen (secondary N) is 2. The van der Waals surface area contributed by atoms with Crippen LogP contribution in [0.2, 0.25) is 15.1 Å². The number of halogens is 3. The molecular weight excluding hydrogens is 557 g/mol. The van der Waals surface area contributed by atoms with Gasteiger partial charge in [0.15, 0.2) is 5.82 Å². The van der Waals surface area contributed by atoms with Crippen LogP contribution < -0.4 is 15.4 Å². The monoisotopic (exact) mass is 577 g/mol. The molecule has 0 atom stereocenters. The minimum atomic E-state index is -0.616. The van der Waals surface area contributed by atoms with E-state index in [1.54, 1.807) is 23.6 Å². The zero-order valence-corrected chi connectivity index (χ0v) is 22.9. The quantitative estimate of drug-likeness (QED) is 0.218. The summed E-state index contributed by atoms with van der Waals surface area (Å²) in [6.45, 7) is 3.95. The van der Waals surface area contributed by atoms with E-state index in [0.29, 0.717) is 5.75 Å². The second-order valence-electron chi connectivity index (χ2n) is 7.90. The van der Waals surface area contributed by atoms with Crippen LogP contribution in [0.4, 0.5) is 5.69 Å². The summed E-state index contributed by atoms with van der Waals surface area (Å²) in [6, 6.07) is 9.38. The Morgan fingerprint density at radius 1 is 1.08 bits per heavy atom. The number of benzene rings is 1. The Hall–Kier alpha value is -3.11. The molecule has 2 amide bonds. The summed E-state index contributed by atoms with van der Waals surface area (Å²) in [4.78, 5) is 30.9. The first-order valence-corrected chi connectivity index (χ1v) is 13.4. The Morgan fingerprint density at radius 2 is 1.86 bits per heavy atom. The second-order valence-corrected chi connectivity index (χ2v) is 9.93. The van der Waals surface area contributed by atoms with Crippen molar-refractivity contribution in [1.82, 2.24) is 20.1 Å². The molecule has 0 bridgehead atoms. The van der Waals surface area contributed by atoms with E-state index in [4.69, 9.17) is 39.5 Å². The largest absolute Gasteiger partial charge is 0.437 e. The molecule has 0 saturated carbocycles. The number of amides is 2. The molecule has 8 nitrogen and oxygen atoms in total. The molecule has 0 aliphatic carbocycles. The Balaban J connectivity index is 1.73. The highest BCUT2D eigenvalue weighted by molar-refractivity contribution is 7.08. The number of pyridine rings is 1. The third-order valence-electron chi connectivity index (χ3n) is 5.44. The lowest BCUT2D eigenvalue weighted by Crippen LogP contribution is -2.34. The molecule has 192 valence electrons. The van der Waals surface area contributed by atoms with Crippen LogP contribution in [-0.4, -0.2) is 32.6 Å². The van der Waals surface area contributed by atoms with E-state index in [0.717, 1.165) is 12.8 Å². The Labute approximate surface area is 232 Å². The lowest BCUT2D eigenvalue weighted by molar-refractivity contribution is 0.0935. The standard InChI is InChI=1S/C25H22Cl3N5O3S/c1-3-15(4-2)30-24(34)17-10-14(26)11-19(28)22(17)31-25(35)20-12-21(36-16-7-9-37-13-16)32-33(20)23-18(27)6-5-8-29-23/h5-13,15H,3-4H2,1-2H3,(H,30,34)(H,31,35). The molecule has 0 saturated heterocycles. The molecule has 3 heterocycles. The van der Waals surface area contributed by atoms with Gasteiger partial charge < -0.3 is 15.4 Å². The van der Waals surface area contributed by atoms with E-state index in [1.165, 1.54) is 40.4 Å². The summed E-state index contributed by atoms with van der Waals surface area (Å²) < 4.78 is 7.06. The molecule has 12 heteroatoms. The number of aromatic nitrogens is 3. The summed E-state index contributed by atoms with van der Waals surface area (Å²) in [5.41, 5.74) is 0.303. The van der Waals surface area contributed by atoms with Crippen molar-refractivity contribution >= 4 is 63.6 Å². The summed E-state index contributed by atoms with van der Waals surface area (Å²) in [5, 5.41) is 14.4. The molecule has 4 aromatic rings. The number of carbonyl (C=O) groups is 2. The molecule has 2 N–H and O–H groups in total. The summed E-state index contributed by atoms with van der Waals surface area (Å²) >= 11 is 20.4. The average molecular weight is 579 g/mol. The highest BCUT2D eigenvalue weighted by Gasteiger charge is 2.24. The maximum absolute atomic E-state index is 13.6. The third-order valence-corrected chi connectivity index (χ3v) is 6.91. The van der Waals surface area contributed by atoms with Gasteiger partial charge in [0.25, 0.3) is 11.8 Å². The van der Waals surface area contributed by atoms with Crippen LogP contribution in [0.1, 0.15) is 47.5 Å². The van der Waals surface area contributed by atoms with Gasteiger partial charge in [-0.15, -0.1) is 16.4 Å². The van der Waals surface area contributed by atoms with E-state index >= 15 is 0 Å². The fraction of sp³-hybridized carbons (Fsp3) is 0.200. The van der Waals surface area contributed by atoms with Gasteiger partial charge in [-0.2, -0.15) is 0 Å². The highest BCUT2D eigenvalue weighted by atomic mass is 35.5. The number of ether oxygens (including phenoxy) is 1. The van der Waals surface area contributed by atoms with Crippen molar-refractivity contribution in [3.63, 3.8) is 0 Å². The molecule has 0 unspecified atom stereocenters. The Bertz CT molecular complexity index is 1420. The maximum atomic E-state index is 13.6. The molecule has 0 fully saturated rings. The number of thiophene rings is 1. The van der Waals surface area contributed by atoms with Gasteiger partial charge in [-0.1, -0.05) is 48.7 Å². The lowest BCUT2D eigenvalue weighted by Gasteiger charge is -2.18. The predicted octanol–water partition coefficient (Wildman–Crippen LogP) is 7.25. The van der Waals surface area contributed by atoms with Crippen molar-refractivity contribution in [3.05, 3.63) is 79.7 Å². The van der Waals surface area contributed by atoms with Crippen LogP contribution in [0.15, 0.2) is 53.4 Å². The fourth-order valence-electron chi connectivity index (χ4n) is 3.51. The first-order chi connectivity index (χ1) is 17.8. The number of anilines is 1. The maximum Gasteiger partial charge on any atom is 0.274 e. The number of hydrogen-bond acceptors (Lipinski definition) is 6. The van der Waals surface area contributed by atoms with Crippen LogP contribution in [0.5, 0.6) is 11.6 Å². The topological polar surface area (TPSA) is 98.1 Å². The van der Waals surface area contributed by atoms with Gasteiger partial charge in [-0.3, -0.25) is 9.59 Å². The zero-order chi connectivity index (χ0) is 26.5. The van der Waals surface area contributed by atoms with Crippen molar-refractivity contribution in [3.8, 4) is 17.4 Å².